The number of para-hydroxylation sites is 2. The van der Waals surface area contributed by atoms with Gasteiger partial charge in [-0.1, -0.05) is 12.1 Å². The van der Waals surface area contributed by atoms with E-state index >= 15 is 0 Å². The maximum absolute atomic E-state index is 12.2. The number of nitrogens with one attached hydrogen (secondary N) is 2. The lowest BCUT2D eigenvalue weighted by molar-refractivity contribution is 0.967. The van der Waals surface area contributed by atoms with Gasteiger partial charge in [0.15, 0.2) is 5.82 Å². The highest BCUT2D eigenvalue weighted by Gasteiger charge is 2.13. The number of hydrogen-bond acceptors (Lipinski definition) is 6. The molecule has 4 aromatic rings. The summed E-state index contributed by atoms with van der Waals surface area (Å²) in [7, 11) is 3.79. The Morgan fingerprint density at radius 1 is 1.08 bits per heavy atom. The van der Waals surface area contributed by atoms with Crippen LogP contribution in [0.1, 0.15) is 0 Å². The van der Waals surface area contributed by atoms with Crippen molar-refractivity contribution in [3.05, 3.63) is 52.9 Å². The molecule has 0 atom stereocenters. The van der Waals surface area contributed by atoms with Crippen LogP contribution in [0.5, 0.6) is 0 Å². The van der Waals surface area contributed by atoms with E-state index in [0.717, 1.165) is 16.9 Å². The molecule has 2 N–H and O–H groups in total. The first kappa shape index (κ1) is 15.0. The average molecular weight is 333 g/mol. The average Bonchev–Trinajstić information content (AvgIpc) is 3.06. The number of hydrogen-bond donors (Lipinski definition) is 2. The first-order valence-electron chi connectivity index (χ1n) is 7.67. The highest BCUT2D eigenvalue weighted by atomic mass is 16.1. The molecule has 3 aromatic heterocycles. The van der Waals surface area contributed by atoms with Gasteiger partial charge in [-0.15, -0.1) is 0 Å². The maximum Gasteiger partial charge on any atom is 0.275 e. The fraction of sp³-hybridized carbons (Fsp3) is 0.118. The molecular weight excluding hydrogens is 318 g/mol. The van der Waals surface area contributed by atoms with Crippen molar-refractivity contribution in [1.29, 1.82) is 0 Å². The molecule has 0 amide bonds. The number of fused-ring (bicyclic) bond motifs is 1. The van der Waals surface area contributed by atoms with Crippen LogP contribution in [0.3, 0.4) is 0 Å². The molecule has 0 saturated carbocycles. The van der Waals surface area contributed by atoms with Gasteiger partial charge in [-0.2, -0.15) is 5.10 Å². The Hall–Kier alpha value is -3.55. The molecular formula is C17H15N7O. The summed E-state index contributed by atoms with van der Waals surface area (Å²) in [5.41, 5.74) is 2.19. The number of aromatic nitrogens is 6. The lowest BCUT2D eigenvalue weighted by Crippen LogP contribution is -2.14. The molecule has 0 radical (unpaired) electrons. The zero-order valence-corrected chi connectivity index (χ0v) is 13.7. The van der Waals surface area contributed by atoms with Gasteiger partial charge in [0.05, 0.1) is 16.6 Å². The van der Waals surface area contributed by atoms with E-state index in [4.69, 9.17) is 0 Å². The molecule has 0 aliphatic carbocycles. The van der Waals surface area contributed by atoms with Gasteiger partial charge >= 0.3 is 0 Å². The summed E-state index contributed by atoms with van der Waals surface area (Å²) >= 11 is 0. The van der Waals surface area contributed by atoms with Crippen molar-refractivity contribution in [3.63, 3.8) is 0 Å². The van der Waals surface area contributed by atoms with Crippen LogP contribution in [-0.4, -0.2) is 44.2 Å². The smallest absolute Gasteiger partial charge is 0.275 e. The Morgan fingerprint density at radius 2 is 1.92 bits per heavy atom. The number of aromatic amines is 2. The van der Waals surface area contributed by atoms with Crippen molar-refractivity contribution in [3.8, 4) is 22.9 Å². The largest absolute Gasteiger partial charge is 0.363 e. The molecule has 25 heavy (non-hydrogen) atoms. The van der Waals surface area contributed by atoms with Crippen molar-refractivity contribution >= 4 is 16.9 Å². The second kappa shape index (κ2) is 5.82. The van der Waals surface area contributed by atoms with Crippen LogP contribution in [0.15, 0.2) is 47.4 Å². The monoisotopic (exact) mass is 333 g/mol. The van der Waals surface area contributed by atoms with E-state index in [0.29, 0.717) is 22.9 Å². The molecule has 8 nitrogen and oxygen atoms in total. The standard InChI is InChI=1S/C17H15N7O/c1-24(2)14-7-8-18-16(21-14)13-9-10(17(25)23-22-13)15-19-11-5-3-4-6-12(11)20-15/h3-9H,1-2H3,(H,19,20)(H,23,25). The highest BCUT2D eigenvalue weighted by Crippen LogP contribution is 2.21. The molecule has 0 saturated heterocycles. The lowest BCUT2D eigenvalue weighted by Gasteiger charge is -2.11. The second-order valence-corrected chi connectivity index (χ2v) is 5.73. The highest BCUT2D eigenvalue weighted by molar-refractivity contribution is 5.79. The lowest BCUT2D eigenvalue weighted by atomic mass is 10.2. The van der Waals surface area contributed by atoms with E-state index in [1.165, 1.54) is 0 Å². The number of imidazole rings is 1. The van der Waals surface area contributed by atoms with Crippen molar-refractivity contribution in [2.45, 2.75) is 0 Å². The summed E-state index contributed by atoms with van der Waals surface area (Å²) in [6.07, 6.45) is 1.66. The summed E-state index contributed by atoms with van der Waals surface area (Å²) in [5, 5.41) is 6.57. The second-order valence-electron chi connectivity index (χ2n) is 5.73. The molecule has 4 rings (SSSR count). The van der Waals surface area contributed by atoms with Gasteiger partial charge < -0.3 is 9.88 Å². The zero-order valence-electron chi connectivity index (χ0n) is 13.7. The maximum atomic E-state index is 12.2. The predicted octanol–water partition coefficient (Wildman–Crippen LogP) is 1.84. The summed E-state index contributed by atoms with van der Waals surface area (Å²) in [4.78, 5) is 30.4. The van der Waals surface area contributed by atoms with Gasteiger partial charge in [-0.05, 0) is 24.3 Å². The molecule has 8 heteroatoms. The number of rotatable bonds is 3. The molecule has 3 heterocycles. The Morgan fingerprint density at radius 3 is 2.72 bits per heavy atom. The van der Waals surface area contributed by atoms with Crippen molar-refractivity contribution < 1.29 is 0 Å². The molecule has 0 aliphatic heterocycles. The SMILES string of the molecule is CN(C)c1ccnc(-c2cc(-c3nc4ccccc4[nH]3)c(=O)[nH]n2)n1. The minimum Gasteiger partial charge on any atom is -0.363 e. The molecule has 0 fully saturated rings. The summed E-state index contributed by atoms with van der Waals surface area (Å²) in [6.45, 7) is 0. The van der Waals surface area contributed by atoms with Gasteiger partial charge in [-0.3, -0.25) is 4.79 Å². The quantitative estimate of drug-likeness (QED) is 0.593. The molecule has 0 aliphatic rings. The minimum absolute atomic E-state index is 0.327. The van der Waals surface area contributed by atoms with Crippen molar-refractivity contribution in [2.75, 3.05) is 19.0 Å². The minimum atomic E-state index is -0.327. The van der Waals surface area contributed by atoms with Crippen LogP contribution < -0.4 is 10.5 Å². The molecule has 0 unspecified atom stereocenters. The van der Waals surface area contributed by atoms with E-state index in [-0.39, 0.29) is 5.56 Å². The summed E-state index contributed by atoms with van der Waals surface area (Å²) in [6, 6.07) is 11.0. The van der Waals surface area contributed by atoms with E-state index < -0.39 is 0 Å². The van der Waals surface area contributed by atoms with E-state index in [2.05, 4.69) is 30.1 Å². The zero-order chi connectivity index (χ0) is 17.4. The third-order valence-electron chi connectivity index (χ3n) is 3.78. The number of H-pyrrole nitrogens is 2. The first-order chi connectivity index (χ1) is 12.1. The van der Waals surface area contributed by atoms with Crippen LogP contribution in [-0.2, 0) is 0 Å². The van der Waals surface area contributed by atoms with Gasteiger partial charge in [0.1, 0.15) is 17.3 Å². The predicted molar refractivity (Wildman–Crippen MR) is 95.3 cm³/mol. The fourth-order valence-corrected chi connectivity index (χ4v) is 2.50. The first-order valence-corrected chi connectivity index (χ1v) is 7.67. The Kier molecular flexibility index (Phi) is 3.50. The summed E-state index contributed by atoms with van der Waals surface area (Å²) in [5.74, 6) is 1.66. The van der Waals surface area contributed by atoms with Gasteiger partial charge in [0, 0.05) is 20.3 Å². The van der Waals surface area contributed by atoms with Crippen LogP contribution in [0.25, 0.3) is 33.9 Å². The van der Waals surface area contributed by atoms with E-state index in [9.17, 15) is 4.79 Å². The van der Waals surface area contributed by atoms with Crippen LogP contribution in [0, 0.1) is 0 Å². The molecule has 0 bridgehead atoms. The number of benzene rings is 1. The third-order valence-corrected chi connectivity index (χ3v) is 3.78. The van der Waals surface area contributed by atoms with Gasteiger partial charge in [-0.25, -0.2) is 20.1 Å². The van der Waals surface area contributed by atoms with Crippen molar-refractivity contribution in [2.24, 2.45) is 0 Å². The van der Waals surface area contributed by atoms with Gasteiger partial charge in [0.25, 0.3) is 5.56 Å². The molecule has 1 aromatic carbocycles. The molecule has 0 spiro atoms. The Labute approximate surface area is 142 Å². The van der Waals surface area contributed by atoms with Crippen LogP contribution in [0.2, 0.25) is 0 Å². The van der Waals surface area contributed by atoms with Crippen molar-refractivity contribution in [1.82, 2.24) is 30.1 Å². The third kappa shape index (κ3) is 2.74. The Balaban J connectivity index is 1.84. The number of nitrogens with zero attached hydrogens (tertiary/aromatic N) is 5. The number of anilines is 1. The Bertz CT molecular complexity index is 1080. The van der Waals surface area contributed by atoms with Crippen LogP contribution >= 0.6 is 0 Å². The fourth-order valence-electron chi connectivity index (χ4n) is 2.50. The normalized spacial score (nSPS) is 11.0. The van der Waals surface area contributed by atoms with Gasteiger partial charge in [0.2, 0.25) is 0 Å². The van der Waals surface area contributed by atoms with Crippen LogP contribution in [0.4, 0.5) is 5.82 Å². The summed E-state index contributed by atoms with van der Waals surface area (Å²) < 4.78 is 0. The van der Waals surface area contributed by atoms with E-state index in [1.54, 1.807) is 18.3 Å². The molecule has 124 valence electrons. The topological polar surface area (TPSA) is 103 Å². The van der Waals surface area contributed by atoms with E-state index in [1.807, 2.05) is 43.3 Å².